The Morgan fingerprint density at radius 3 is 2.83 bits per heavy atom. The van der Waals surface area contributed by atoms with Gasteiger partial charge in [0.15, 0.2) is 5.58 Å². The molecule has 5 rings (SSSR count). The molecule has 1 N–H and O–H groups in total. The SMILES string of the molecule is O=C(Cc1cccc2ccccc12)NC[C@H]1CCCN1c1nc2ccccc2o1. The molecule has 0 saturated carbocycles. The largest absolute Gasteiger partial charge is 0.423 e. The van der Waals surface area contributed by atoms with E-state index in [4.69, 9.17) is 4.42 Å². The fourth-order valence-corrected chi connectivity index (χ4v) is 4.20. The Balaban J connectivity index is 1.26. The second-order valence-electron chi connectivity index (χ2n) is 7.57. The van der Waals surface area contributed by atoms with Crippen LogP contribution in [0, 0.1) is 0 Å². The molecule has 0 spiro atoms. The Kier molecular flexibility index (Phi) is 4.64. The number of anilines is 1. The lowest BCUT2D eigenvalue weighted by Crippen LogP contribution is -2.40. The summed E-state index contributed by atoms with van der Waals surface area (Å²) in [5.74, 6) is 0.0470. The van der Waals surface area contributed by atoms with Crippen molar-refractivity contribution in [2.45, 2.75) is 25.3 Å². The highest BCUT2D eigenvalue weighted by Crippen LogP contribution is 2.28. The minimum atomic E-state index is 0.0470. The van der Waals surface area contributed by atoms with Gasteiger partial charge < -0.3 is 14.6 Å². The van der Waals surface area contributed by atoms with Gasteiger partial charge >= 0.3 is 0 Å². The number of rotatable bonds is 5. The highest BCUT2D eigenvalue weighted by atomic mass is 16.4. The molecule has 1 amide bonds. The number of oxazole rings is 1. The topological polar surface area (TPSA) is 58.4 Å². The Morgan fingerprint density at radius 1 is 1.07 bits per heavy atom. The van der Waals surface area contributed by atoms with Crippen LogP contribution >= 0.6 is 0 Å². The molecule has 29 heavy (non-hydrogen) atoms. The van der Waals surface area contributed by atoms with Crippen LogP contribution in [0.2, 0.25) is 0 Å². The lowest BCUT2D eigenvalue weighted by atomic mass is 10.0. The van der Waals surface area contributed by atoms with Gasteiger partial charge in [0.2, 0.25) is 5.91 Å². The molecule has 2 heterocycles. The molecule has 5 nitrogen and oxygen atoms in total. The van der Waals surface area contributed by atoms with Crippen molar-refractivity contribution in [1.82, 2.24) is 10.3 Å². The first-order valence-electron chi connectivity index (χ1n) is 10.1. The molecule has 146 valence electrons. The molecule has 1 saturated heterocycles. The highest BCUT2D eigenvalue weighted by Gasteiger charge is 2.28. The predicted octanol–water partition coefficient (Wildman–Crippen LogP) is 4.31. The second-order valence-corrected chi connectivity index (χ2v) is 7.57. The molecule has 1 aliphatic rings. The van der Waals surface area contributed by atoms with Crippen molar-refractivity contribution in [3.05, 3.63) is 72.3 Å². The average Bonchev–Trinajstić information content (AvgIpc) is 3.39. The maximum Gasteiger partial charge on any atom is 0.298 e. The minimum absolute atomic E-state index is 0.0470. The number of carbonyl (C=O) groups excluding carboxylic acids is 1. The van der Waals surface area contributed by atoms with E-state index in [0.717, 1.165) is 46.8 Å². The van der Waals surface area contributed by atoms with Crippen LogP contribution in [0.5, 0.6) is 0 Å². The van der Waals surface area contributed by atoms with Gasteiger partial charge in [-0.2, -0.15) is 4.98 Å². The van der Waals surface area contributed by atoms with E-state index < -0.39 is 0 Å². The number of benzene rings is 3. The van der Waals surface area contributed by atoms with Crippen molar-refractivity contribution in [2.24, 2.45) is 0 Å². The average molecular weight is 385 g/mol. The third-order valence-electron chi connectivity index (χ3n) is 5.67. The summed E-state index contributed by atoms with van der Waals surface area (Å²) in [6.45, 7) is 1.50. The third-order valence-corrected chi connectivity index (χ3v) is 5.67. The maximum absolute atomic E-state index is 12.6. The first-order chi connectivity index (χ1) is 14.3. The van der Waals surface area contributed by atoms with Gasteiger partial charge in [0.1, 0.15) is 5.52 Å². The monoisotopic (exact) mass is 385 g/mol. The molecule has 0 bridgehead atoms. The molecular weight excluding hydrogens is 362 g/mol. The lowest BCUT2D eigenvalue weighted by molar-refractivity contribution is -0.120. The standard InChI is InChI=1S/C24H23N3O2/c28-23(15-18-9-5-8-17-7-1-2-11-20(17)18)25-16-19-10-6-14-27(19)24-26-21-12-3-4-13-22(21)29-24/h1-5,7-9,11-13,19H,6,10,14-16H2,(H,25,28)/t19-/m1/s1. The quantitative estimate of drug-likeness (QED) is 0.556. The Labute approximate surface area is 169 Å². The summed E-state index contributed by atoms with van der Waals surface area (Å²) in [6.07, 6.45) is 2.48. The molecule has 4 aromatic rings. The van der Waals surface area contributed by atoms with E-state index in [-0.39, 0.29) is 11.9 Å². The number of hydrogen-bond acceptors (Lipinski definition) is 4. The molecule has 0 radical (unpaired) electrons. The van der Waals surface area contributed by atoms with Gasteiger partial charge in [-0.25, -0.2) is 0 Å². The first-order valence-corrected chi connectivity index (χ1v) is 10.1. The van der Waals surface area contributed by atoms with E-state index in [2.05, 4.69) is 33.4 Å². The van der Waals surface area contributed by atoms with Crippen LogP contribution in [-0.2, 0) is 11.2 Å². The van der Waals surface area contributed by atoms with Crippen LogP contribution in [0.25, 0.3) is 21.9 Å². The van der Waals surface area contributed by atoms with Gasteiger partial charge in [-0.05, 0) is 41.3 Å². The number of nitrogens with zero attached hydrogens (tertiary/aromatic N) is 2. The fourth-order valence-electron chi connectivity index (χ4n) is 4.20. The third kappa shape index (κ3) is 3.56. The second kappa shape index (κ2) is 7.59. The summed E-state index contributed by atoms with van der Waals surface area (Å²) in [4.78, 5) is 19.4. The predicted molar refractivity (Wildman–Crippen MR) is 115 cm³/mol. The van der Waals surface area contributed by atoms with Crippen LogP contribution in [0.15, 0.2) is 71.1 Å². The highest BCUT2D eigenvalue weighted by molar-refractivity contribution is 5.90. The number of aromatic nitrogens is 1. The number of para-hydroxylation sites is 2. The van der Waals surface area contributed by atoms with Crippen molar-refractivity contribution in [3.8, 4) is 0 Å². The molecular formula is C24H23N3O2. The molecule has 0 unspecified atom stereocenters. The molecule has 5 heteroatoms. The van der Waals surface area contributed by atoms with Gasteiger partial charge in [0.25, 0.3) is 6.01 Å². The molecule has 1 aromatic heterocycles. The van der Waals surface area contributed by atoms with Crippen LogP contribution in [-0.4, -0.2) is 30.0 Å². The first kappa shape index (κ1) is 17.7. The molecule has 1 atom stereocenters. The molecule has 0 aliphatic carbocycles. The van der Waals surface area contributed by atoms with E-state index in [0.29, 0.717) is 19.0 Å². The van der Waals surface area contributed by atoms with Crippen LogP contribution in [0.4, 0.5) is 6.01 Å². The van der Waals surface area contributed by atoms with Crippen molar-refractivity contribution < 1.29 is 9.21 Å². The Morgan fingerprint density at radius 2 is 1.90 bits per heavy atom. The number of amides is 1. The zero-order valence-corrected chi connectivity index (χ0v) is 16.2. The van der Waals surface area contributed by atoms with E-state index in [1.54, 1.807) is 0 Å². The zero-order chi connectivity index (χ0) is 19.6. The van der Waals surface area contributed by atoms with E-state index >= 15 is 0 Å². The lowest BCUT2D eigenvalue weighted by Gasteiger charge is -2.23. The van der Waals surface area contributed by atoms with Gasteiger partial charge in [0, 0.05) is 13.1 Å². The fraction of sp³-hybridized carbons (Fsp3) is 0.250. The van der Waals surface area contributed by atoms with Crippen LogP contribution in [0.3, 0.4) is 0 Å². The zero-order valence-electron chi connectivity index (χ0n) is 16.2. The summed E-state index contributed by atoms with van der Waals surface area (Å²) in [6, 6.07) is 23.0. The van der Waals surface area contributed by atoms with Crippen LogP contribution < -0.4 is 10.2 Å². The maximum atomic E-state index is 12.6. The van der Waals surface area contributed by atoms with Gasteiger partial charge in [-0.3, -0.25) is 4.79 Å². The van der Waals surface area contributed by atoms with Gasteiger partial charge in [0.05, 0.1) is 12.5 Å². The minimum Gasteiger partial charge on any atom is -0.423 e. The Hall–Kier alpha value is -3.34. The number of fused-ring (bicyclic) bond motifs is 2. The number of nitrogens with one attached hydrogen (secondary N) is 1. The van der Waals surface area contributed by atoms with Gasteiger partial charge in [-0.15, -0.1) is 0 Å². The number of carbonyl (C=O) groups is 1. The molecule has 1 fully saturated rings. The normalized spacial score (nSPS) is 16.6. The Bertz CT molecular complexity index is 1130. The van der Waals surface area contributed by atoms with Crippen molar-refractivity contribution >= 4 is 33.8 Å². The van der Waals surface area contributed by atoms with Crippen molar-refractivity contribution in [2.75, 3.05) is 18.0 Å². The summed E-state index contributed by atoms with van der Waals surface area (Å²) in [7, 11) is 0. The van der Waals surface area contributed by atoms with E-state index in [1.165, 1.54) is 0 Å². The van der Waals surface area contributed by atoms with E-state index in [9.17, 15) is 4.79 Å². The smallest absolute Gasteiger partial charge is 0.298 e. The molecule has 1 aliphatic heterocycles. The van der Waals surface area contributed by atoms with Gasteiger partial charge in [-0.1, -0.05) is 54.6 Å². The summed E-state index contributed by atoms with van der Waals surface area (Å²) < 4.78 is 5.93. The molecule has 3 aromatic carbocycles. The van der Waals surface area contributed by atoms with E-state index in [1.807, 2.05) is 48.5 Å². The summed E-state index contributed by atoms with van der Waals surface area (Å²) in [5, 5.41) is 5.42. The van der Waals surface area contributed by atoms with Crippen molar-refractivity contribution in [1.29, 1.82) is 0 Å². The van der Waals surface area contributed by atoms with Crippen molar-refractivity contribution in [3.63, 3.8) is 0 Å². The summed E-state index contributed by atoms with van der Waals surface area (Å²) in [5.41, 5.74) is 2.73. The van der Waals surface area contributed by atoms with Crippen LogP contribution in [0.1, 0.15) is 18.4 Å². The number of hydrogen-bond donors (Lipinski definition) is 1. The summed E-state index contributed by atoms with van der Waals surface area (Å²) >= 11 is 0.